The van der Waals surface area contributed by atoms with E-state index in [2.05, 4.69) is 5.32 Å². The van der Waals surface area contributed by atoms with E-state index in [4.69, 9.17) is 27.9 Å². The van der Waals surface area contributed by atoms with Crippen LogP contribution >= 0.6 is 23.2 Å². The minimum absolute atomic E-state index is 0.159. The number of anilines is 1. The Balaban J connectivity index is 1.89. The number of benzene rings is 2. The quantitative estimate of drug-likeness (QED) is 0.551. The third-order valence-electron chi connectivity index (χ3n) is 5.10. The summed E-state index contributed by atoms with van der Waals surface area (Å²) in [6.45, 7) is 1.91. The molecule has 0 radical (unpaired) electrons. The van der Waals surface area contributed by atoms with Gasteiger partial charge in [-0.1, -0.05) is 65.7 Å². The average molecular weight is 414 g/mol. The van der Waals surface area contributed by atoms with Crippen molar-refractivity contribution in [3.63, 3.8) is 0 Å². The molecular formula is C22H17Cl2NO3. The van der Waals surface area contributed by atoms with Crippen LogP contribution in [0.15, 0.2) is 64.7 Å². The van der Waals surface area contributed by atoms with Crippen LogP contribution < -0.4 is 10.1 Å². The molecule has 28 heavy (non-hydrogen) atoms. The first-order valence-electron chi connectivity index (χ1n) is 8.77. The number of hydrogen-bond acceptors (Lipinski definition) is 4. The molecule has 0 aliphatic heterocycles. The standard InChI is InChI=1S/C22H17Cl2NO3/c1-12-6-5-9-16(28-2)19(12)25-22(24)11-10-15(23)17-18(22)21(27)14-8-4-3-7-13(14)20(17)26/h3-10,25H,11H2,1-2H3. The number of fused-ring (bicyclic) bond motifs is 1. The monoisotopic (exact) mass is 413 g/mol. The summed E-state index contributed by atoms with van der Waals surface area (Å²) in [5.41, 5.74) is 2.57. The third kappa shape index (κ3) is 2.76. The van der Waals surface area contributed by atoms with Crippen LogP contribution in [0.25, 0.3) is 0 Å². The van der Waals surface area contributed by atoms with E-state index in [1.54, 1.807) is 43.5 Å². The van der Waals surface area contributed by atoms with E-state index in [9.17, 15) is 9.59 Å². The lowest BCUT2D eigenvalue weighted by Crippen LogP contribution is -2.43. The number of nitrogens with one attached hydrogen (secondary N) is 1. The summed E-state index contributed by atoms with van der Waals surface area (Å²) in [7, 11) is 1.56. The maximum atomic E-state index is 13.3. The SMILES string of the molecule is COc1cccc(C)c1NC1(Cl)CC=C(Cl)C2=C1C(=O)c1ccccc1C2=O. The van der Waals surface area contributed by atoms with Gasteiger partial charge >= 0.3 is 0 Å². The Bertz CT molecular complexity index is 1090. The van der Waals surface area contributed by atoms with Gasteiger partial charge in [-0.25, -0.2) is 0 Å². The highest BCUT2D eigenvalue weighted by Gasteiger charge is 2.47. The van der Waals surface area contributed by atoms with Gasteiger partial charge in [0.25, 0.3) is 0 Å². The number of para-hydroxylation sites is 1. The lowest BCUT2D eigenvalue weighted by atomic mass is 9.77. The zero-order valence-electron chi connectivity index (χ0n) is 15.3. The van der Waals surface area contributed by atoms with Crippen LogP contribution in [0.5, 0.6) is 5.75 Å². The fourth-order valence-electron chi connectivity index (χ4n) is 3.70. The number of carbonyl (C=O) groups is 2. The van der Waals surface area contributed by atoms with Gasteiger partial charge in [0.2, 0.25) is 0 Å². The van der Waals surface area contributed by atoms with Crippen molar-refractivity contribution in [1.29, 1.82) is 0 Å². The molecule has 2 aliphatic rings. The number of alkyl halides is 1. The van der Waals surface area contributed by atoms with E-state index < -0.39 is 5.00 Å². The second-order valence-electron chi connectivity index (χ2n) is 6.79. The maximum Gasteiger partial charge on any atom is 0.195 e. The normalized spacial score (nSPS) is 21.1. The highest BCUT2D eigenvalue weighted by Crippen LogP contribution is 2.46. The molecule has 4 nitrogen and oxygen atoms in total. The van der Waals surface area contributed by atoms with Gasteiger partial charge in [0.05, 0.1) is 23.9 Å². The smallest absolute Gasteiger partial charge is 0.195 e. The van der Waals surface area contributed by atoms with Gasteiger partial charge in [-0.05, 0) is 18.6 Å². The topological polar surface area (TPSA) is 55.4 Å². The molecule has 0 amide bonds. The zero-order chi connectivity index (χ0) is 20.1. The van der Waals surface area contributed by atoms with Gasteiger partial charge in [-0.3, -0.25) is 9.59 Å². The lowest BCUT2D eigenvalue weighted by Gasteiger charge is -2.37. The van der Waals surface area contributed by atoms with Crippen molar-refractivity contribution >= 4 is 40.5 Å². The molecule has 0 spiro atoms. The number of carbonyl (C=O) groups excluding carboxylic acids is 2. The van der Waals surface area contributed by atoms with Gasteiger partial charge in [0.1, 0.15) is 10.7 Å². The maximum absolute atomic E-state index is 13.3. The molecule has 0 bridgehead atoms. The zero-order valence-corrected chi connectivity index (χ0v) is 16.8. The predicted octanol–water partition coefficient (Wildman–Crippen LogP) is 5.25. The molecular weight excluding hydrogens is 397 g/mol. The van der Waals surface area contributed by atoms with E-state index in [-0.39, 0.29) is 34.2 Å². The van der Waals surface area contributed by atoms with Crippen molar-refractivity contribution in [2.24, 2.45) is 0 Å². The molecule has 142 valence electrons. The van der Waals surface area contributed by atoms with Crippen LogP contribution in [0.2, 0.25) is 0 Å². The summed E-state index contributed by atoms with van der Waals surface area (Å²) in [4.78, 5) is 25.1. The van der Waals surface area contributed by atoms with Gasteiger partial charge in [-0.2, -0.15) is 0 Å². The summed E-state index contributed by atoms with van der Waals surface area (Å²) in [6.07, 6.45) is 1.91. The molecule has 4 rings (SSSR count). The molecule has 0 saturated heterocycles. The minimum Gasteiger partial charge on any atom is -0.495 e. The summed E-state index contributed by atoms with van der Waals surface area (Å²) in [5, 5.41) is 3.50. The Labute approximate surface area is 172 Å². The summed E-state index contributed by atoms with van der Waals surface area (Å²) >= 11 is 13.3. The Morgan fingerprint density at radius 3 is 2.39 bits per heavy atom. The van der Waals surface area contributed by atoms with E-state index in [0.29, 0.717) is 22.6 Å². The van der Waals surface area contributed by atoms with Crippen molar-refractivity contribution in [3.8, 4) is 5.75 Å². The summed E-state index contributed by atoms with van der Waals surface area (Å²) < 4.78 is 5.44. The second-order valence-corrected chi connectivity index (χ2v) is 7.84. The number of methoxy groups -OCH3 is 1. The number of Topliss-reactive ketones (excluding diaryl/α,β-unsaturated/α-hetero) is 2. The van der Waals surface area contributed by atoms with E-state index >= 15 is 0 Å². The largest absolute Gasteiger partial charge is 0.495 e. The first-order valence-corrected chi connectivity index (χ1v) is 9.53. The van der Waals surface area contributed by atoms with Crippen LogP contribution in [0.3, 0.4) is 0 Å². The number of ketones is 2. The Morgan fingerprint density at radius 2 is 1.71 bits per heavy atom. The van der Waals surface area contributed by atoms with Crippen LogP contribution in [-0.4, -0.2) is 23.7 Å². The van der Waals surface area contributed by atoms with Crippen molar-refractivity contribution in [3.05, 3.63) is 81.4 Å². The molecule has 0 aromatic heterocycles. The van der Waals surface area contributed by atoms with Crippen molar-refractivity contribution in [1.82, 2.24) is 0 Å². The minimum atomic E-state index is -1.33. The second kappa shape index (κ2) is 6.80. The number of hydrogen-bond donors (Lipinski definition) is 1. The highest BCUT2D eigenvalue weighted by molar-refractivity contribution is 6.44. The fraction of sp³-hybridized carbons (Fsp3) is 0.182. The van der Waals surface area contributed by atoms with Crippen LogP contribution in [0, 0.1) is 6.92 Å². The molecule has 0 saturated carbocycles. The van der Waals surface area contributed by atoms with Gasteiger partial charge in [0, 0.05) is 22.6 Å². The molecule has 2 aromatic rings. The predicted molar refractivity (Wildman–Crippen MR) is 111 cm³/mol. The summed E-state index contributed by atoms with van der Waals surface area (Å²) in [5.74, 6) is -0.000894. The first kappa shape index (κ1) is 18.8. The Hall–Kier alpha value is -2.56. The number of halogens is 2. The Kier molecular flexibility index (Phi) is 4.56. The highest BCUT2D eigenvalue weighted by atomic mass is 35.5. The number of aryl methyl sites for hydroxylation is 1. The molecule has 1 unspecified atom stereocenters. The van der Waals surface area contributed by atoms with Crippen LogP contribution in [-0.2, 0) is 0 Å². The first-order chi connectivity index (χ1) is 13.4. The fourth-order valence-corrected chi connectivity index (χ4v) is 4.31. The number of rotatable bonds is 3. The van der Waals surface area contributed by atoms with E-state index in [1.165, 1.54) is 0 Å². The molecule has 0 heterocycles. The summed E-state index contributed by atoms with van der Waals surface area (Å²) in [6, 6.07) is 12.3. The molecule has 0 fully saturated rings. The van der Waals surface area contributed by atoms with Gasteiger partial charge in [0.15, 0.2) is 11.6 Å². The van der Waals surface area contributed by atoms with E-state index in [1.807, 2.05) is 19.1 Å². The molecule has 2 aliphatic carbocycles. The van der Waals surface area contributed by atoms with Crippen molar-refractivity contribution in [2.75, 3.05) is 12.4 Å². The number of allylic oxidation sites excluding steroid dienone is 2. The molecule has 6 heteroatoms. The molecule has 1 N–H and O–H groups in total. The Morgan fingerprint density at radius 1 is 1.04 bits per heavy atom. The average Bonchev–Trinajstić information content (AvgIpc) is 2.69. The van der Waals surface area contributed by atoms with Crippen LogP contribution in [0.1, 0.15) is 32.7 Å². The van der Waals surface area contributed by atoms with Crippen molar-refractivity contribution < 1.29 is 14.3 Å². The third-order valence-corrected chi connectivity index (χ3v) is 5.88. The molecule has 1 atom stereocenters. The van der Waals surface area contributed by atoms with Crippen molar-refractivity contribution in [2.45, 2.75) is 18.3 Å². The van der Waals surface area contributed by atoms with Gasteiger partial charge in [-0.15, -0.1) is 0 Å². The van der Waals surface area contributed by atoms with Gasteiger partial charge < -0.3 is 10.1 Å². The molecule has 2 aromatic carbocycles. The van der Waals surface area contributed by atoms with E-state index in [0.717, 1.165) is 5.56 Å². The number of ether oxygens (including phenoxy) is 1. The van der Waals surface area contributed by atoms with Crippen LogP contribution in [0.4, 0.5) is 5.69 Å². The lowest BCUT2D eigenvalue weighted by molar-refractivity contribution is 0.0970.